The lowest BCUT2D eigenvalue weighted by Crippen LogP contribution is -2.24. The van der Waals surface area contributed by atoms with Gasteiger partial charge >= 0.3 is 7.67 Å². The van der Waals surface area contributed by atoms with Gasteiger partial charge in [0.05, 0.1) is 0 Å². The number of hydrogen-bond acceptors (Lipinski definition) is 1. The molecule has 0 aliphatic carbocycles. The van der Waals surface area contributed by atoms with Crippen LogP contribution in [0.2, 0.25) is 0 Å². The minimum Gasteiger partial charge on any atom is -0.322 e. The van der Waals surface area contributed by atoms with Crippen LogP contribution in [0.25, 0.3) is 0 Å². The third kappa shape index (κ3) is 3.13. The van der Waals surface area contributed by atoms with E-state index < -0.39 is 7.67 Å². The molecule has 0 bridgehead atoms. The molecule has 0 spiro atoms. The van der Waals surface area contributed by atoms with Crippen molar-refractivity contribution in [2.24, 2.45) is 0 Å². The largest absolute Gasteiger partial charge is 0.344 e. The van der Waals surface area contributed by atoms with Gasteiger partial charge in [-0.05, 0) is 25.0 Å². The van der Waals surface area contributed by atoms with Crippen LogP contribution in [0.3, 0.4) is 0 Å². The first-order valence-electron chi connectivity index (χ1n) is 7.98. The van der Waals surface area contributed by atoms with Crippen molar-refractivity contribution in [3.8, 4) is 0 Å². The number of nitrogens with zero attached hydrogens (tertiary/aromatic N) is 2. The Morgan fingerprint density at radius 2 is 1.17 bits per heavy atom. The Kier molecular flexibility index (Phi) is 4.69. The molecule has 23 heavy (non-hydrogen) atoms. The van der Waals surface area contributed by atoms with Crippen molar-refractivity contribution >= 4 is 7.67 Å². The quantitative estimate of drug-likeness (QED) is 0.852. The van der Waals surface area contributed by atoms with Crippen LogP contribution in [0.4, 0.5) is 0 Å². The molecule has 1 aliphatic heterocycles. The van der Waals surface area contributed by atoms with E-state index in [4.69, 9.17) is 0 Å². The lowest BCUT2D eigenvalue weighted by molar-refractivity contribution is 0.295. The summed E-state index contributed by atoms with van der Waals surface area (Å²) in [5, 5.41) is 0. The average Bonchev–Trinajstić information content (AvgIpc) is 2.90. The Morgan fingerprint density at radius 1 is 0.826 bits per heavy atom. The second-order valence-electron chi connectivity index (χ2n) is 6.01. The van der Waals surface area contributed by atoms with E-state index in [2.05, 4.69) is 0 Å². The second kappa shape index (κ2) is 6.58. The normalized spacial score (nSPS) is 21.2. The molecular weight excluding hydrogens is 307 g/mol. The molecule has 0 unspecified atom stereocenters. The lowest BCUT2D eigenvalue weighted by Gasteiger charge is -2.32. The molecule has 3 rings (SSSR count). The fourth-order valence-corrected chi connectivity index (χ4v) is 5.42. The molecule has 1 aliphatic rings. The minimum atomic E-state index is -3.54. The van der Waals surface area contributed by atoms with Gasteiger partial charge in [0.1, 0.15) is 0 Å². The highest BCUT2D eigenvalue weighted by Crippen LogP contribution is 2.59. The van der Waals surface area contributed by atoms with E-state index in [1.807, 2.05) is 74.5 Å². The van der Waals surface area contributed by atoms with Gasteiger partial charge < -0.3 is 4.89 Å². The number of benzene rings is 2. The monoisotopic (exact) mass is 330 g/mol. The predicted molar refractivity (Wildman–Crippen MR) is 93.0 cm³/mol. The van der Waals surface area contributed by atoms with Gasteiger partial charge in [-0.2, -0.15) is 0 Å². The predicted octanol–water partition coefficient (Wildman–Crippen LogP) is 4.23. The first-order valence-corrected chi connectivity index (χ1v) is 9.55. The molecule has 0 aromatic heterocycles. The van der Waals surface area contributed by atoms with Gasteiger partial charge in [-0.15, -0.1) is 0 Å². The smallest absolute Gasteiger partial charge is 0.322 e. The molecular formula is C18H23N2O2P. The van der Waals surface area contributed by atoms with E-state index in [-0.39, 0.29) is 12.1 Å². The van der Waals surface area contributed by atoms with Crippen LogP contribution >= 0.6 is 7.67 Å². The van der Waals surface area contributed by atoms with Gasteiger partial charge in [-0.3, -0.25) is 4.57 Å². The topological polar surface area (TPSA) is 43.8 Å². The summed E-state index contributed by atoms with van der Waals surface area (Å²) in [6, 6.07) is 19.7. The fraction of sp³-hybridized carbons (Fsp3) is 0.333. The molecule has 2 atom stereocenters. The third-order valence-corrected chi connectivity index (χ3v) is 7.12. The Hall–Kier alpha value is -1.45. The Labute approximate surface area is 137 Å². The van der Waals surface area contributed by atoms with Crippen molar-refractivity contribution in [1.82, 2.24) is 9.34 Å². The first-order chi connectivity index (χ1) is 11.0. The van der Waals surface area contributed by atoms with Gasteiger partial charge in [0.2, 0.25) is 0 Å². The number of rotatable bonds is 4. The molecule has 1 fully saturated rings. The van der Waals surface area contributed by atoms with Crippen LogP contribution in [-0.2, 0) is 4.57 Å². The van der Waals surface area contributed by atoms with E-state index in [1.165, 1.54) is 0 Å². The van der Waals surface area contributed by atoms with Crippen LogP contribution in [-0.4, -0.2) is 27.3 Å². The highest BCUT2D eigenvalue weighted by atomic mass is 31.2. The standard InChI is InChI=1S/C18H23N2O2P/c1-15(17-9-5-3-6-10-17)19-13-14-20(23(19,21)22)16(2)18-11-7-4-8-12-18/h3-12,15-16H,13-14H2,1-2H3,(H,21,22)/t15-,16-/m0/s1. The summed E-state index contributed by atoms with van der Waals surface area (Å²) in [5.41, 5.74) is 2.13. The van der Waals surface area contributed by atoms with E-state index in [0.717, 1.165) is 11.1 Å². The Balaban J connectivity index is 1.83. The maximum Gasteiger partial charge on any atom is 0.344 e. The van der Waals surface area contributed by atoms with E-state index >= 15 is 0 Å². The van der Waals surface area contributed by atoms with Crippen molar-refractivity contribution in [2.45, 2.75) is 25.9 Å². The zero-order valence-corrected chi connectivity index (χ0v) is 14.4. The summed E-state index contributed by atoms with van der Waals surface area (Å²) in [4.78, 5) is 10.8. The summed E-state index contributed by atoms with van der Waals surface area (Å²) >= 11 is 0. The zero-order chi connectivity index (χ0) is 16.4. The maximum atomic E-state index is 13.1. The molecule has 0 radical (unpaired) electrons. The van der Waals surface area contributed by atoms with Crippen LogP contribution in [0.1, 0.15) is 37.1 Å². The molecule has 2 aromatic carbocycles. The van der Waals surface area contributed by atoms with Gasteiger partial charge in [-0.25, -0.2) is 9.34 Å². The van der Waals surface area contributed by atoms with Crippen molar-refractivity contribution in [2.75, 3.05) is 13.1 Å². The first kappa shape index (κ1) is 16.4. The minimum absolute atomic E-state index is 0.0833. The molecule has 0 saturated carbocycles. The lowest BCUT2D eigenvalue weighted by atomic mass is 10.1. The van der Waals surface area contributed by atoms with Crippen LogP contribution in [0.5, 0.6) is 0 Å². The summed E-state index contributed by atoms with van der Waals surface area (Å²) in [5.74, 6) is 0. The highest BCUT2D eigenvalue weighted by molar-refractivity contribution is 7.53. The molecule has 122 valence electrons. The van der Waals surface area contributed by atoms with Gasteiger partial charge in [0.15, 0.2) is 0 Å². The molecule has 4 nitrogen and oxygen atoms in total. The molecule has 2 aromatic rings. The van der Waals surface area contributed by atoms with Crippen LogP contribution in [0, 0.1) is 0 Å². The van der Waals surface area contributed by atoms with Crippen LogP contribution in [0.15, 0.2) is 60.7 Å². The zero-order valence-electron chi connectivity index (χ0n) is 13.5. The molecule has 1 heterocycles. The molecule has 1 N–H and O–H groups in total. The molecule has 5 heteroatoms. The Morgan fingerprint density at radius 3 is 1.52 bits per heavy atom. The van der Waals surface area contributed by atoms with Crippen molar-refractivity contribution in [3.05, 3.63) is 71.8 Å². The van der Waals surface area contributed by atoms with Gasteiger partial charge in [-0.1, -0.05) is 60.7 Å². The van der Waals surface area contributed by atoms with Crippen LogP contribution < -0.4 is 0 Å². The summed E-state index contributed by atoms with van der Waals surface area (Å²) < 4.78 is 16.6. The van der Waals surface area contributed by atoms with Crippen molar-refractivity contribution in [3.63, 3.8) is 0 Å². The van der Waals surface area contributed by atoms with E-state index in [9.17, 15) is 9.46 Å². The second-order valence-corrected chi connectivity index (χ2v) is 8.07. The fourth-order valence-electron chi connectivity index (χ4n) is 3.26. The van der Waals surface area contributed by atoms with Gasteiger partial charge in [0, 0.05) is 25.2 Å². The van der Waals surface area contributed by atoms with E-state index in [1.54, 1.807) is 9.34 Å². The third-order valence-electron chi connectivity index (χ3n) is 4.69. The summed E-state index contributed by atoms with van der Waals surface area (Å²) in [6.45, 7) is 5.19. The average molecular weight is 330 g/mol. The van der Waals surface area contributed by atoms with Crippen molar-refractivity contribution in [1.29, 1.82) is 0 Å². The SMILES string of the molecule is C[C@@H](c1ccccc1)N1CCN([C@@H](C)c2ccccc2)P1(=O)O. The van der Waals surface area contributed by atoms with Crippen molar-refractivity contribution < 1.29 is 9.46 Å². The summed E-state index contributed by atoms with van der Waals surface area (Å²) in [7, 11) is -3.54. The highest BCUT2D eigenvalue weighted by Gasteiger charge is 2.46. The summed E-state index contributed by atoms with van der Waals surface area (Å²) in [6.07, 6.45) is 0. The number of hydrogen-bond donors (Lipinski definition) is 1. The molecule has 0 amide bonds. The molecule has 1 saturated heterocycles. The van der Waals surface area contributed by atoms with E-state index in [0.29, 0.717) is 13.1 Å². The Bertz CT molecular complexity index is 635. The maximum absolute atomic E-state index is 13.1. The van der Waals surface area contributed by atoms with Gasteiger partial charge in [0.25, 0.3) is 0 Å².